The van der Waals surface area contributed by atoms with Crippen LogP contribution in [0.15, 0.2) is 0 Å². The number of nitro groups is 1. The van der Waals surface area contributed by atoms with Gasteiger partial charge in [0.1, 0.15) is 12.2 Å². The second kappa shape index (κ2) is 6.56. The molecule has 0 aromatic carbocycles. The summed E-state index contributed by atoms with van der Waals surface area (Å²) in [6.07, 6.45) is 6.35. The third kappa shape index (κ3) is 3.26. The molecule has 0 aliphatic carbocycles. The van der Waals surface area contributed by atoms with Gasteiger partial charge in [-0.05, 0) is 6.42 Å². The molecule has 8 nitrogen and oxygen atoms in total. The van der Waals surface area contributed by atoms with Crippen LogP contribution in [0.5, 0.6) is 0 Å². The molecule has 1 aromatic rings. The first-order valence-electron chi connectivity index (χ1n) is 6.02. The molecule has 0 unspecified atom stereocenters. The van der Waals surface area contributed by atoms with Crippen LogP contribution in [-0.4, -0.2) is 38.9 Å². The highest BCUT2D eigenvalue weighted by Crippen LogP contribution is 2.31. The number of hydrogen-bond donors (Lipinski definition) is 1. The van der Waals surface area contributed by atoms with Crippen molar-refractivity contribution in [1.82, 2.24) is 9.78 Å². The van der Waals surface area contributed by atoms with Crippen molar-refractivity contribution in [3.05, 3.63) is 15.8 Å². The molecule has 0 aliphatic rings. The number of terminal acetylenes is 1. The van der Waals surface area contributed by atoms with E-state index in [1.807, 2.05) is 6.92 Å². The van der Waals surface area contributed by atoms with E-state index in [1.54, 1.807) is 0 Å². The molecule has 20 heavy (non-hydrogen) atoms. The number of anilines is 1. The Balaban J connectivity index is 3.35. The fourth-order valence-electron chi connectivity index (χ4n) is 1.98. The second-order valence-corrected chi connectivity index (χ2v) is 4.20. The third-order valence-electron chi connectivity index (χ3n) is 2.64. The molecule has 0 aliphatic heterocycles. The maximum atomic E-state index is 11.3. The standard InChI is InChI=1S/C12H16N4O4/c1-4-6-9-11(16(19)20)12(14(3)13-9)15(7-5-2)8-10(17)18/h2H,4,6-8H2,1,3H3,(H,17,18). The van der Waals surface area contributed by atoms with Crippen LogP contribution in [0.1, 0.15) is 19.0 Å². The smallest absolute Gasteiger partial charge is 0.334 e. The Hall–Kier alpha value is -2.56. The predicted molar refractivity (Wildman–Crippen MR) is 72.5 cm³/mol. The lowest BCUT2D eigenvalue weighted by Crippen LogP contribution is -2.32. The van der Waals surface area contributed by atoms with Gasteiger partial charge in [-0.2, -0.15) is 5.10 Å². The van der Waals surface area contributed by atoms with E-state index < -0.39 is 17.4 Å². The summed E-state index contributed by atoms with van der Waals surface area (Å²) in [4.78, 5) is 22.8. The average molecular weight is 280 g/mol. The summed E-state index contributed by atoms with van der Waals surface area (Å²) in [5, 5.41) is 24.2. The van der Waals surface area contributed by atoms with E-state index in [1.165, 1.54) is 16.6 Å². The number of hydrogen-bond acceptors (Lipinski definition) is 5. The fraction of sp³-hybridized carbons (Fsp3) is 0.500. The molecule has 1 N–H and O–H groups in total. The summed E-state index contributed by atoms with van der Waals surface area (Å²) in [5.74, 6) is 1.31. The van der Waals surface area contributed by atoms with E-state index >= 15 is 0 Å². The van der Waals surface area contributed by atoms with Crippen LogP contribution in [0.2, 0.25) is 0 Å². The Bertz CT molecular complexity index is 559. The second-order valence-electron chi connectivity index (χ2n) is 4.20. The molecule has 0 bridgehead atoms. The van der Waals surface area contributed by atoms with Crippen LogP contribution < -0.4 is 4.90 Å². The molecule has 0 fully saturated rings. The van der Waals surface area contributed by atoms with Crippen LogP contribution in [-0.2, 0) is 18.3 Å². The van der Waals surface area contributed by atoms with Crippen LogP contribution in [0.3, 0.4) is 0 Å². The summed E-state index contributed by atoms with van der Waals surface area (Å²) in [7, 11) is 1.53. The maximum absolute atomic E-state index is 11.3. The number of aryl methyl sites for hydroxylation is 2. The number of carboxylic acids is 1. The summed E-state index contributed by atoms with van der Waals surface area (Å²) in [6, 6.07) is 0. The molecule has 0 atom stereocenters. The van der Waals surface area contributed by atoms with E-state index in [-0.39, 0.29) is 18.1 Å². The molecular weight excluding hydrogens is 264 g/mol. The average Bonchev–Trinajstić information content (AvgIpc) is 2.65. The lowest BCUT2D eigenvalue weighted by Gasteiger charge is -2.18. The van der Waals surface area contributed by atoms with Crippen LogP contribution >= 0.6 is 0 Å². The number of carboxylic acid groups (broad SMARTS) is 1. The first-order valence-corrected chi connectivity index (χ1v) is 6.02. The maximum Gasteiger partial charge on any atom is 0.334 e. The van der Waals surface area contributed by atoms with Crippen LogP contribution in [0.4, 0.5) is 11.5 Å². The minimum Gasteiger partial charge on any atom is -0.480 e. The number of rotatable bonds is 7. The van der Waals surface area contributed by atoms with E-state index in [2.05, 4.69) is 11.0 Å². The molecule has 108 valence electrons. The van der Waals surface area contributed by atoms with Gasteiger partial charge in [-0.1, -0.05) is 19.3 Å². The zero-order valence-corrected chi connectivity index (χ0v) is 11.4. The Morgan fingerprint density at radius 2 is 2.30 bits per heavy atom. The molecule has 1 rings (SSSR count). The quantitative estimate of drug-likeness (QED) is 0.450. The minimum atomic E-state index is -1.12. The van der Waals surface area contributed by atoms with Crippen LogP contribution in [0, 0.1) is 22.5 Å². The highest BCUT2D eigenvalue weighted by Gasteiger charge is 2.30. The molecule has 8 heteroatoms. The Morgan fingerprint density at radius 1 is 1.65 bits per heavy atom. The first kappa shape index (κ1) is 15.5. The number of nitrogens with zero attached hydrogens (tertiary/aromatic N) is 4. The molecule has 0 saturated carbocycles. The van der Waals surface area contributed by atoms with Gasteiger partial charge in [0, 0.05) is 7.05 Å². The lowest BCUT2D eigenvalue weighted by atomic mass is 10.2. The Morgan fingerprint density at radius 3 is 2.75 bits per heavy atom. The fourth-order valence-corrected chi connectivity index (χ4v) is 1.98. The summed E-state index contributed by atoms with van der Waals surface area (Å²) >= 11 is 0. The number of carbonyl (C=O) groups is 1. The van der Waals surface area contributed by atoms with Gasteiger partial charge in [-0.15, -0.1) is 6.42 Å². The molecule has 0 saturated heterocycles. The van der Waals surface area contributed by atoms with E-state index in [0.29, 0.717) is 18.5 Å². The predicted octanol–water partition coefficient (Wildman–Crippen LogP) is 0.805. The van der Waals surface area contributed by atoms with Crippen molar-refractivity contribution < 1.29 is 14.8 Å². The highest BCUT2D eigenvalue weighted by molar-refractivity contribution is 5.75. The summed E-state index contributed by atoms with van der Waals surface area (Å²) < 4.78 is 1.31. The first-order chi connectivity index (χ1) is 9.42. The van der Waals surface area contributed by atoms with E-state index in [0.717, 1.165) is 0 Å². The van der Waals surface area contributed by atoms with Crippen LogP contribution in [0.25, 0.3) is 0 Å². The Labute approximate surface area is 116 Å². The summed E-state index contributed by atoms with van der Waals surface area (Å²) in [5.41, 5.74) is 0.160. The molecule has 0 spiro atoms. The van der Waals surface area contributed by atoms with Crippen molar-refractivity contribution in [1.29, 1.82) is 0 Å². The summed E-state index contributed by atoms with van der Waals surface area (Å²) in [6.45, 7) is 1.42. The normalized spacial score (nSPS) is 10.1. The van der Waals surface area contributed by atoms with Crippen molar-refractivity contribution in [3.8, 4) is 12.3 Å². The molecular formula is C12H16N4O4. The zero-order valence-electron chi connectivity index (χ0n) is 11.4. The van der Waals surface area contributed by atoms with Crippen molar-refractivity contribution in [3.63, 3.8) is 0 Å². The van der Waals surface area contributed by atoms with Gasteiger partial charge >= 0.3 is 11.7 Å². The van der Waals surface area contributed by atoms with Crippen molar-refractivity contribution >= 4 is 17.5 Å². The van der Waals surface area contributed by atoms with Gasteiger partial charge in [0.25, 0.3) is 0 Å². The van der Waals surface area contributed by atoms with Gasteiger partial charge in [0.05, 0.1) is 11.5 Å². The van der Waals surface area contributed by atoms with Gasteiger partial charge in [0.15, 0.2) is 0 Å². The topological polar surface area (TPSA) is 102 Å². The van der Waals surface area contributed by atoms with Gasteiger partial charge in [-0.3, -0.25) is 14.9 Å². The van der Waals surface area contributed by atoms with Crippen molar-refractivity contribution in [2.45, 2.75) is 19.8 Å². The third-order valence-corrected chi connectivity index (χ3v) is 2.64. The minimum absolute atomic E-state index is 0.0434. The van der Waals surface area contributed by atoms with Gasteiger partial charge in [-0.25, -0.2) is 4.68 Å². The van der Waals surface area contributed by atoms with Gasteiger partial charge in [0.2, 0.25) is 5.82 Å². The molecule has 1 aromatic heterocycles. The van der Waals surface area contributed by atoms with Gasteiger partial charge < -0.3 is 10.0 Å². The van der Waals surface area contributed by atoms with E-state index in [4.69, 9.17) is 11.5 Å². The van der Waals surface area contributed by atoms with E-state index in [9.17, 15) is 14.9 Å². The number of aliphatic carboxylic acids is 1. The van der Waals surface area contributed by atoms with Crippen molar-refractivity contribution in [2.75, 3.05) is 18.0 Å². The van der Waals surface area contributed by atoms with Crippen molar-refractivity contribution in [2.24, 2.45) is 7.05 Å². The highest BCUT2D eigenvalue weighted by atomic mass is 16.6. The largest absolute Gasteiger partial charge is 0.480 e. The molecule has 1 heterocycles. The molecule has 0 amide bonds. The zero-order chi connectivity index (χ0) is 15.3. The Kier molecular flexibility index (Phi) is 5.08. The SMILES string of the molecule is C#CCN(CC(=O)O)c1c([N+](=O)[O-])c(CCC)nn1C. The lowest BCUT2D eigenvalue weighted by molar-refractivity contribution is -0.384. The molecule has 0 radical (unpaired) electrons. The monoisotopic (exact) mass is 280 g/mol. The number of aromatic nitrogens is 2.